The van der Waals surface area contributed by atoms with Crippen LogP contribution in [0.15, 0.2) is 41.8 Å². The summed E-state index contributed by atoms with van der Waals surface area (Å²) in [5.41, 5.74) is 2.73. The summed E-state index contributed by atoms with van der Waals surface area (Å²) in [6.07, 6.45) is 4.67. The zero-order valence-electron chi connectivity index (χ0n) is 14.9. The first kappa shape index (κ1) is 17.3. The van der Waals surface area contributed by atoms with E-state index in [9.17, 15) is 9.18 Å². The molecule has 3 aromatic rings. The largest absolute Gasteiger partial charge is 0.348 e. The molecule has 1 amide bonds. The van der Waals surface area contributed by atoms with Gasteiger partial charge in [-0.1, -0.05) is 31.9 Å². The first-order chi connectivity index (χ1) is 12.6. The van der Waals surface area contributed by atoms with Crippen molar-refractivity contribution < 1.29 is 9.18 Å². The SMILES string of the molecule is C[C@@H]1CCCC[C@H]1NC(=O)c1cc2sccc2n1Cc1ccc(F)cc1. The number of halogens is 1. The van der Waals surface area contributed by atoms with Crippen molar-refractivity contribution in [2.24, 2.45) is 5.92 Å². The quantitative estimate of drug-likeness (QED) is 0.673. The molecular formula is C21H23FN2OS. The van der Waals surface area contributed by atoms with Crippen LogP contribution in [0.1, 0.15) is 48.7 Å². The molecule has 0 aliphatic heterocycles. The topological polar surface area (TPSA) is 34.0 Å². The van der Waals surface area contributed by atoms with E-state index < -0.39 is 0 Å². The van der Waals surface area contributed by atoms with Crippen molar-refractivity contribution in [3.05, 3.63) is 58.9 Å². The van der Waals surface area contributed by atoms with Crippen molar-refractivity contribution >= 4 is 27.5 Å². The maximum absolute atomic E-state index is 13.2. The van der Waals surface area contributed by atoms with Crippen LogP contribution in [0.2, 0.25) is 0 Å². The molecule has 26 heavy (non-hydrogen) atoms. The summed E-state index contributed by atoms with van der Waals surface area (Å²) in [7, 11) is 0. The average Bonchev–Trinajstić information content (AvgIpc) is 3.21. The van der Waals surface area contributed by atoms with Crippen molar-refractivity contribution in [2.75, 3.05) is 0 Å². The molecule has 0 radical (unpaired) electrons. The third-order valence-corrected chi connectivity index (χ3v) is 6.29. The summed E-state index contributed by atoms with van der Waals surface area (Å²) in [6.45, 7) is 2.78. The zero-order valence-corrected chi connectivity index (χ0v) is 15.7. The Balaban J connectivity index is 1.62. The maximum Gasteiger partial charge on any atom is 0.268 e. The number of hydrogen-bond donors (Lipinski definition) is 1. The number of benzene rings is 1. The number of nitrogens with one attached hydrogen (secondary N) is 1. The smallest absolute Gasteiger partial charge is 0.268 e. The maximum atomic E-state index is 13.2. The van der Waals surface area contributed by atoms with Gasteiger partial charge in [-0.3, -0.25) is 4.79 Å². The second kappa shape index (κ2) is 7.23. The summed E-state index contributed by atoms with van der Waals surface area (Å²) in [5, 5.41) is 5.29. The van der Waals surface area contributed by atoms with Crippen molar-refractivity contribution in [1.29, 1.82) is 0 Å². The summed E-state index contributed by atoms with van der Waals surface area (Å²) in [4.78, 5) is 13.0. The summed E-state index contributed by atoms with van der Waals surface area (Å²) >= 11 is 1.64. The lowest BCUT2D eigenvalue weighted by atomic mass is 9.86. The van der Waals surface area contributed by atoms with Crippen LogP contribution in [-0.4, -0.2) is 16.5 Å². The highest BCUT2D eigenvalue weighted by Crippen LogP contribution is 2.28. The van der Waals surface area contributed by atoms with Gasteiger partial charge in [0.1, 0.15) is 11.5 Å². The van der Waals surface area contributed by atoms with Gasteiger partial charge in [-0.2, -0.15) is 0 Å². The van der Waals surface area contributed by atoms with E-state index in [0.717, 1.165) is 22.2 Å². The van der Waals surface area contributed by atoms with Crippen LogP contribution < -0.4 is 5.32 Å². The lowest BCUT2D eigenvalue weighted by Gasteiger charge is -2.29. The molecule has 1 N–H and O–H groups in total. The zero-order chi connectivity index (χ0) is 18.1. The van der Waals surface area contributed by atoms with E-state index in [1.54, 1.807) is 23.5 Å². The fraction of sp³-hybridized carbons (Fsp3) is 0.381. The molecular weight excluding hydrogens is 347 g/mol. The van der Waals surface area contributed by atoms with Crippen LogP contribution in [0.25, 0.3) is 10.2 Å². The number of hydrogen-bond acceptors (Lipinski definition) is 2. The van der Waals surface area contributed by atoms with Crippen molar-refractivity contribution in [3.63, 3.8) is 0 Å². The van der Waals surface area contributed by atoms with Gasteiger partial charge in [0.05, 0.1) is 10.2 Å². The Labute approximate surface area is 156 Å². The van der Waals surface area contributed by atoms with Gasteiger partial charge in [0.25, 0.3) is 5.91 Å². The highest BCUT2D eigenvalue weighted by atomic mass is 32.1. The molecule has 1 aliphatic rings. The molecule has 0 saturated heterocycles. The minimum absolute atomic E-state index is 0.00531. The van der Waals surface area contributed by atoms with Crippen LogP contribution in [-0.2, 0) is 6.54 Å². The fourth-order valence-corrected chi connectivity index (χ4v) is 4.70. The molecule has 5 heteroatoms. The van der Waals surface area contributed by atoms with Crippen LogP contribution in [0.3, 0.4) is 0 Å². The van der Waals surface area contributed by atoms with Gasteiger partial charge in [-0.15, -0.1) is 11.3 Å². The van der Waals surface area contributed by atoms with E-state index in [1.807, 2.05) is 22.1 Å². The van der Waals surface area contributed by atoms with E-state index in [1.165, 1.54) is 31.4 Å². The predicted octanol–water partition coefficient (Wildman–Crippen LogP) is 5.20. The van der Waals surface area contributed by atoms with Gasteiger partial charge in [0, 0.05) is 12.6 Å². The summed E-state index contributed by atoms with van der Waals surface area (Å²) in [6, 6.07) is 10.8. The standard InChI is InChI=1S/C21H23FN2OS/c1-14-4-2-3-5-17(14)23-21(25)19-12-20-18(10-11-26-20)24(19)13-15-6-8-16(22)9-7-15/h6-12,14,17H,2-5,13H2,1H3,(H,23,25)/t14-,17-/m1/s1. The van der Waals surface area contributed by atoms with Crippen molar-refractivity contribution in [3.8, 4) is 0 Å². The van der Waals surface area contributed by atoms with E-state index >= 15 is 0 Å². The van der Waals surface area contributed by atoms with E-state index in [0.29, 0.717) is 18.2 Å². The second-order valence-electron chi connectivity index (χ2n) is 7.25. The first-order valence-corrected chi connectivity index (χ1v) is 10.1. The molecule has 2 aromatic heterocycles. The molecule has 3 nitrogen and oxygen atoms in total. The monoisotopic (exact) mass is 370 g/mol. The van der Waals surface area contributed by atoms with Gasteiger partial charge >= 0.3 is 0 Å². The number of amides is 1. The Hall–Kier alpha value is -2.14. The summed E-state index contributed by atoms with van der Waals surface area (Å²) < 4.78 is 16.4. The van der Waals surface area contributed by atoms with Crippen LogP contribution in [0, 0.1) is 11.7 Å². The van der Waals surface area contributed by atoms with Gasteiger partial charge in [-0.25, -0.2) is 4.39 Å². The lowest BCUT2D eigenvalue weighted by molar-refractivity contribution is 0.0901. The summed E-state index contributed by atoms with van der Waals surface area (Å²) in [5.74, 6) is 0.273. The molecule has 2 heterocycles. The molecule has 0 bridgehead atoms. The fourth-order valence-electron chi connectivity index (χ4n) is 3.88. The number of aromatic nitrogens is 1. The highest BCUT2D eigenvalue weighted by Gasteiger charge is 2.25. The second-order valence-corrected chi connectivity index (χ2v) is 8.20. The Morgan fingerprint density at radius 3 is 2.77 bits per heavy atom. The number of nitrogens with zero attached hydrogens (tertiary/aromatic N) is 1. The third-order valence-electron chi connectivity index (χ3n) is 5.44. The van der Waals surface area contributed by atoms with E-state index in [2.05, 4.69) is 12.2 Å². The van der Waals surface area contributed by atoms with Crippen molar-refractivity contribution in [1.82, 2.24) is 9.88 Å². The highest BCUT2D eigenvalue weighted by molar-refractivity contribution is 7.17. The lowest BCUT2D eigenvalue weighted by Crippen LogP contribution is -2.41. The Morgan fingerprint density at radius 2 is 2.00 bits per heavy atom. The molecule has 1 fully saturated rings. The van der Waals surface area contributed by atoms with Crippen molar-refractivity contribution in [2.45, 2.75) is 45.2 Å². The number of thiophene rings is 1. The first-order valence-electron chi connectivity index (χ1n) is 9.24. The number of carbonyl (C=O) groups excluding carboxylic acids is 1. The minimum Gasteiger partial charge on any atom is -0.348 e. The van der Waals surface area contributed by atoms with Crippen LogP contribution >= 0.6 is 11.3 Å². The Kier molecular flexibility index (Phi) is 4.81. The predicted molar refractivity (Wildman–Crippen MR) is 104 cm³/mol. The van der Waals surface area contributed by atoms with E-state index in [4.69, 9.17) is 0 Å². The van der Waals surface area contributed by atoms with Crippen LogP contribution in [0.5, 0.6) is 0 Å². The van der Waals surface area contributed by atoms with Gasteiger partial charge in [0.15, 0.2) is 0 Å². The molecule has 0 unspecified atom stereocenters. The average molecular weight is 370 g/mol. The third kappa shape index (κ3) is 3.40. The molecule has 136 valence electrons. The van der Waals surface area contributed by atoms with Gasteiger partial charge < -0.3 is 9.88 Å². The minimum atomic E-state index is -0.244. The number of rotatable bonds is 4. The van der Waals surface area contributed by atoms with Gasteiger partial charge in [-0.05, 0) is 54.0 Å². The Bertz CT molecular complexity index is 912. The van der Waals surface area contributed by atoms with E-state index in [-0.39, 0.29) is 17.8 Å². The number of carbonyl (C=O) groups is 1. The molecule has 1 aliphatic carbocycles. The molecule has 4 rings (SSSR count). The molecule has 2 atom stereocenters. The number of fused-ring (bicyclic) bond motifs is 1. The normalized spacial score (nSPS) is 20.4. The van der Waals surface area contributed by atoms with Crippen LogP contribution in [0.4, 0.5) is 4.39 Å². The molecule has 1 aromatic carbocycles. The molecule has 1 saturated carbocycles. The van der Waals surface area contributed by atoms with Gasteiger partial charge in [0.2, 0.25) is 0 Å². The Morgan fingerprint density at radius 1 is 1.23 bits per heavy atom. The molecule has 0 spiro atoms.